The van der Waals surface area contributed by atoms with Crippen molar-refractivity contribution in [1.29, 1.82) is 0 Å². The van der Waals surface area contributed by atoms with E-state index in [2.05, 4.69) is 43.1 Å². The van der Waals surface area contributed by atoms with E-state index in [1.165, 1.54) is 89.9 Å². The van der Waals surface area contributed by atoms with Gasteiger partial charge in [-0.25, -0.2) is 0 Å². The molecule has 29 heavy (non-hydrogen) atoms. The molecule has 170 valence electrons. The Labute approximate surface area is 181 Å². The van der Waals surface area contributed by atoms with Gasteiger partial charge in [-0.3, -0.25) is 9.69 Å². The highest BCUT2D eigenvalue weighted by molar-refractivity contribution is 5.69. The molecule has 1 N–H and O–H groups in total. The van der Waals surface area contributed by atoms with Gasteiger partial charge in [0.1, 0.15) is 0 Å². The lowest BCUT2D eigenvalue weighted by molar-refractivity contribution is -0.138. The van der Waals surface area contributed by atoms with E-state index in [9.17, 15) is 4.79 Å². The predicted molar refractivity (Wildman–Crippen MR) is 128 cm³/mol. The van der Waals surface area contributed by atoms with Gasteiger partial charge in [-0.15, -0.1) is 0 Å². The van der Waals surface area contributed by atoms with Gasteiger partial charge in [0.25, 0.3) is 0 Å². The van der Waals surface area contributed by atoms with Crippen molar-refractivity contribution in [3.63, 3.8) is 0 Å². The Morgan fingerprint density at radius 1 is 0.621 bits per heavy atom. The van der Waals surface area contributed by atoms with Crippen molar-refractivity contribution in [3.05, 3.63) is 24.3 Å². The molecule has 0 radical (unpaired) electrons. The third-order valence-electron chi connectivity index (χ3n) is 5.33. The van der Waals surface area contributed by atoms with Crippen LogP contribution in [0, 0.1) is 0 Å². The predicted octanol–water partition coefficient (Wildman–Crippen LogP) is 7.77. The topological polar surface area (TPSA) is 40.5 Å². The molecule has 3 heteroatoms. The highest BCUT2D eigenvalue weighted by atomic mass is 16.4. The van der Waals surface area contributed by atoms with Gasteiger partial charge in [-0.1, -0.05) is 89.5 Å². The van der Waals surface area contributed by atoms with Crippen molar-refractivity contribution < 1.29 is 9.90 Å². The molecule has 0 heterocycles. The summed E-state index contributed by atoms with van der Waals surface area (Å²) in [4.78, 5) is 13.3. The Balaban J connectivity index is 3.67. The average Bonchev–Trinajstić information content (AvgIpc) is 2.70. The van der Waals surface area contributed by atoms with Crippen molar-refractivity contribution in [2.24, 2.45) is 0 Å². The molecule has 0 spiro atoms. The van der Waals surface area contributed by atoms with Crippen LogP contribution in [0.3, 0.4) is 0 Å². The van der Waals surface area contributed by atoms with Gasteiger partial charge >= 0.3 is 5.97 Å². The Kier molecular flexibility index (Phi) is 22.3. The van der Waals surface area contributed by atoms with Gasteiger partial charge in [-0.2, -0.15) is 0 Å². The van der Waals surface area contributed by atoms with Crippen LogP contribution in [0.15, 0.2) is 24.3 Å². The van der Waals surface area contributed by atoms with Gasteiger partial charge in [0.15, 0.2) is 0 Å². The molecule has 0 bridgehead atoms. The Morgan fingerprint density at radius 2 is 1.00 bits per heavy atom. The molecule has 0 atom stereocenters. The van der Waals surface area contributed by atoms with Crippen LogP contribution in [-0.4, -0.2) is 35.6 Å². The molecule has 0 rings (SSSR count). The molecule has 0 aromatic carbocycles. The minimum atomic E-state index is -0.695. The number of nitrogens with zero attached hydrogens (tertiary/aromatic N) is 1. The highest BCUT2D eigenvalue weighted by Crippen LogP contribution is 2.09. The van der Waals surface area contributed by atoms with Gasteiger partial charge < -0.3 is 5.11 Å². The monoisotopic (exact) mass is 407 g/mol. The smallest absolute Gasteiger partial charge is 0.317 e. The lowest BCUT2D eigenvalue weighted by atomic mass is 10.1. The van der Waals surface area contributed by atoms with Gasteiger partial charge in [0, 0.05) is 0 Å². The standard InChI is InChI=1S/C26H49NO2/c1-3-5-7-9-11-13-15-17-19-21-23-27(25-26(28)29)24-22-20-18-16-14-12-10-8-6-4-2/h9-12H,3-8,13-25H2,1-2H3,(H,28,29)/b11-9+,12-10+. The fraction of sp³-hybridized carbons (Fsp3) is 0.808. The maximum atomic E-state index is 11.1. The lowest BCUT2D eigenvalue weighted by Crippen LogP contribution is -2.31. The molecule has 0 amide bonds. The van der Waals surface area contributed by atoms with E-state index in [1.54, 1.807) is 0 Å². The SMILES string of the molecule is CCCC/C=C/CCCCCCN(CCCCCC/C=C/CCCC)CC(=O)O. The second-order valence-corrected chi connectivity index (χ2v) is 8.30. The van der Waals surface area contributed by atoms with E-state index in [1.807, 2.05) is 0 Å². The van der Waals surface area contributed by atoms with Gasteiger partial charge in [0.2, 0.25) is 0 Å². The van der Waals surface area contributed by atoms with Crippen molar-refractivity contribution in [2.45, 2.75) is 117 Å². The van der Waals surface area contributed by atoms with Crippen LogP contribution in [0.1, 0.15) is 117 Å². The normalized spacial score (nSPS) is 12.0. The van der Waals surface area contributed by atoms with Crippen LogP contribution < -0.4 is 0 Å². The number of aliphatic carboxylic acids is 1. The Morgan fingerprint density at radius 3 is 1.38 bits per heavy atom. The number of hydrogen-bond acceptors (Lipinski definition) is 2. The van der Waals surface area contributed by atoms with Crippen molar-refractivity contribution in [3.8, 4) is 0 Å². The lowest BCUT2D eigenvalue weighted by Gasteiger charge is -2.20. The van der Waals surface area contributed by atoms with E-state index in [0.29, 0.717) is 0 Å². The summed E-state index contributed by atoms with van der Waals surface area (Å²) in [5, 5.41) is 9.15. The maximum absolute atomic E-state index is 11.1. The van der Waals surface area contributed by atoms with E-state index in [4.69, 9.17) is 5.11 Å². The molecular weight excluding hydrogens is 358 g/mol. The molecule has 0 aliphatic rings. The van der Waals surface area contributed by atoms with Crippen LogP contribution in [0.25, 0.3) is 0 Å². The third kappa shape index (κ3) is 23.1. The molecule has 0 aliphatic carbocycles. The third-order valence-corrected chi connectivity index (χ3v) is 5.33. The molecule has 0 saturated heterocycles. The summed E-state index contributed by atoms with van der Waals surface area (Å²) >= 11 is 0. The van der Waals surface area contributed by atoms with E-state index in [-0.39, 0.29) is 6.54 Å². The quantitative estimate of drug-likeness (QED) is 0.147. The summed E-state index contributed by atoms with van der Waals surface area (Å²) in [7, 11) is 0. The second-order valence-electron chi connectivity index (χ2n) is 8.30. The molecule has 0 saturated carbocycles. The summed E-state index contributed by atoms with van der Waals surface area (Å²) in [5.41, 5.74) is 0. The number of carboxylic acids is 1. The Hall–Kier alpha value is -1.09. The first-order valence-electron chi connectivity index (χ1n) is 12.4. The minimum absolute atomic E-state index is 0.195. The Bertz CT molecular complexity index is 374. The molecule has 0 aromatic heterocycles. The zero-order valence-corrected chi connectivity index (χ0v) is 19.5. The van der Waals surface area contributed by atoms with E-state index in [0.717, 1.165) is 25.9 Å². The van der Waals surface area contributed by atoms with Gasteiger partial charge in [0.05, 0.1) is 6.54 Å². The van der Waals surface area contributed by atoms with Crippen molar-refractivity contribution in [2.75, 3.05) is 19.6 Å². The minimum Gasteiger partial charge on any atom is -0.480 e. The summed E-state index contributed by atoms with van der Waals surface area (Å²) in [6.07, 6.45) is 28.9. The number of carboxylic acid groups (broad SMARTS) is 1. The molecule has 0 aromatic rings. The van der Waals surface area contributed by atoms with E-state index >= 15 is 0 Å². The number of carbonyl (C=O) groups is 1. The number of hydrogen-bond donors (Lipinski definition) is 1. The second kappa shape index (κ2) is 23.2. The maximum Gasteiger partial charge on any atom is 0.317 e. The zero-order chi connectivity index (χ0) is 21.4. The molecular formula is C26H49NO2. The first-order chi connectivity index (χ1) is 14.2. The summed E-state index contributed by atoms with van der Waals surface area (Å²) in [5.74, 6) is -0.695. The number of rotatable bonds is 22. The molecule has 3 nitrogen and oxygen atoms in total. The first-order valence-corrected chi connectivity index (χ1v) is 12.4. The molecule has 0 fully saturated rings. The van der Waals surface area contributed by atoms with E-state index < -0.39 is 5.97 Å². The summed E-state index contributed by atoms with van der Waals surface area (Å²) < 4.78 is 0. The molecule has 0 aliphatic heterocycles. The largest absolute Gasteiger partial charge is 0.480 e. The van der Waals surface area contributed by atoms with Crippen LogP contribution in [0.4, 0.5) is 0 Å². The van der Waals surface area contributed by atoms with Crippen molar-refractivity contribution >= 4 is 5.97 Å². The van der Waals surface area contributed by atoms with Crippen molar-refractivity contribution in [1.82, 2.24) is 4.90 Å². The van der Waals surface area contributed by atoms with Crippen LogP contribution in [0.2, 0.25) is 0 Å². The van der Waals surface area contributed by atoms with Crippen LogP contribution in [0.5, 0.6) is 0 Å². The highest BCUT2D eigenvalue weighted by Gasteiger charge is 2.08. The average molecular weight is 408 g/mol. The summed E-state index contributed by atoms with van der Waals surface area (Å²) in [6.45, 7) is 6.52. The summed E-state index contributed by atoms with van der Waals surface area (Å²) in [6, 6.07) is 0. The molecule has 0 unspecified atom stereocenters. The van der Waals surface area contributed by atoms with Gasteiger partial charge in [-0.05, 0) is 64.5 Å². The van der Waals surface area contributed by atoms with Crippen LogP contribution in [-0.2, 0) is 4.79 Å². The first kappa shape index (κ1) is 27.9. The fourth-order valence-corrected chi connectivity index (χ4v) is 3.48. The van der Waals surface area contributed by atoms with Crippen LogP contribution >= 0.6 is 0 Å². The zero-order valence-electron chi connectivity index (χ0n) is 19.5. The number of unbranched alkanes of at least 4 members (excludes halogenated alkanes) is 12. The fourth-order valence-electron chi connectivity index (χ4n) is 3.48. The number of allylic oxidation sites excluding steroid dienone is 4.